The molecule has 2 aromatic rings. The molecule has 7 heteroatoms. The van der Waals surface area contributed by atoms with Gasteiger partial charge >= 0.3 is 5.97 Å². The van der Waals surface area contributed by atoms with Crippen LogP contribution in [-0.4, -0.2) is 34.7 Å². The lowest BCUT2D eigenvalue weighted by Crippen LogP contribution is -2.14. The number of hydrogen-bond acceptors (Lipinski definition) is 6. The summed E-state index contributed by atoms with van der Waals surface area (Å²) in [5.74, 6) is 0.252. The van der Waals surface area contributed by atoms with E-state index in [9.17, 15) is 4.79 Å². The number of methoxy groups -OCH3 is 1. The van der Waals surface area contributed by atoms with Crippen LogP contribution in [0.1, 0.15) is 28.7 Å². The average Bonchev–Trinajstić information content (AvgIpc) is 2.90. The summed E-state index contributed by atoms with van der Waals surface area (Å²) < 4.78 is 11.7. The minimum Gasteiger partial charge on any atom is -0.497 e. The van der Waals surface area contributed by atoms with E-state index < -0.39 is 5.97 Å². The standard InChI is InChI=1S/C14H18N4O3/c1-3-21-14(19)13-12(8-15)18(17-16-13)9-10-5-4-6-11(7-10)20-2/h4-7H,3,8-9,15H2,1-2H3. The molecule has 21 heavy (non-hydrogen) atoms. The van der Waals surface area contributed by atoms with Gasteiger partial charge in [-0.1, -0.05) is 17.3 Å². The Hall–Kier alpha value is -2.41. The lowest BCUT2D eigenvalue weighted by Gasteiger charge is -2.07. The van der Waals surface area contributed by atoms with Crippen LogP contribution in [0.3, 0.4) is 0 Å². The number of aromatic nitrogens is 3. The summed E-state index contributed by atoms with van der Waals surface area (Å²) in [6.07, 6.45) is 0. The third-order valence-corrected chi connectivity index (χ3v) is 2.97. The van der Waals surface area contributed by atoms with Gasteiger partial charge in [-0.05, 0) is 24.6 Å². The zero-order valence-corrected chi connectivity index (χ0v) is 12.1. The SMILES string of the molecule is CCOC(=O)c1nnn(Cc2cccc(OC)c2)c1CN. The van der Waals surface area contributed by atoms with E-state index in [4.69, 9.17) is 15.2 Å². The van der Waals surface area contributed by atoms with Crippen LogP contribution in [0.5, 0.6) is 5.75 Å². The first kappa shape index (κ1) is 15.0. The van der Waals surface area contributed by atoms with E-state index in [-0.39, 0.29) is 18.8 Å². The van der Waals surface area contributed by atoms with Crippen molar-refractivity contribution in [2.45, 2.75) is 20.0 Å². The number of nitrogens with two attached hydrogens (primary N) is 1. The van der Waals surface area contributed by atoms with Gasteiger partial charge < -0.3 is 15.2 Å². The first-order valence-corrected chi connectivity index (χ1v) is 6.62. The molecule has 2 rings (SSSR count). The van der Waals surface area contributed by atoms with Gasteiger partial charge in [-0.2, -0.15) is 0 Å². The Balaban J connectivity index is 2.25. The fraction of sp³-hybridized carbons (Fsp3) is 0.357. The maximum absolute atomic E-state index is 11.8. The predicted octanol–water partition coefficient (Wildman–Crippen LogP) is 0.970. The molecule has 0 aliphatic rings. The first-order valence-electron chi connectivity index (χ1n) is 6.62. The third-order valence-electron chi connectivity index (χ3n) is 2.97. The van der Waals surface area contributed by atoms with Gasteiger partial charge in [0.1, 0.15) is 5.75 Å². The highest BCUT2D eigenvalue weighted by molar-refractivity contribution is 5.88. The fourth-order valence-electron chi connectivity index (χ4n) is 1.96. The van der Waals surface area contributed by atoms with Crippen LogP contribution < -0.4 is 10.5 Å². The molecule has 0 aliphatic carbocycles. The van der Waals surface area contributed by atoms with Gasteiger partial charge in [0.2, 0.25) is 0 Å². The second-order valence-corrected chi connectivity index (χ2v) is 4.32. The zero-order chi connectivity index (χ0) is 15.2. The van der Waals surface area contributed by atoms with E-state index in [1.165, 1.54) is 0 Å². The van der Waals surface area contributed by atoms with Crippen LogP contribution in [0.4, 0.5) is 0 Å². The largest absolute Gasteiger partial charge is 0.497 e. The Bertz CT molecular complexity index is 624. The highest BCUT2D eigenvalue weighted by atomic mass is 16.5. The summed E-state index contributed by atoms with van der Waals surface area (Å²) in [4.78, 5) is 11.8. The van der Waals surface area contributed by atoms with Gasteiger partial charge in [-0.15, -0.1) is 5.10 Å². The Morgan fingerprint density at radius 3 is 2.90 bits per heavy atom. The molecule has 2 N–H and O–H groups in total. The fourth-order valence-corrected chi connectivity index (χ4v) is 1.96. The van der Waals surface area contributed by atoms with Gasteiger partial charge in [0, 0.05) is 6.54 Å². The molecule has 0 aliphatic heterocycles. The van der Waals surface area contributed by atoms with Crippen LogP contribution in [0.25, 0.3) is 0 Å². The summed E-state index contributed by atoms with van der Waals surface area (Å²) in [6, 6.07) is 7.58. The van der Waals surface area contributed by atoms with Crippen molar-refractivity contribution in [2.24, 2.45) is 5.73 Å². The van der Waals surface area contributed by atoms with Crippen LogP contribution >= 0.6 is 0 Å². The Morgan fingerprint density at radius 1 is 1.43 bits per heavy atom. The van der Waals surface area contributed by atoms with Crippen LogP contribution in [0, 0.1) is 0 Å². The molecule has 0 atom stereocenters. The number of rotatable bonds is 6. The maximum Gasteiger partial charge on any atom is 0.360 e. The van der Waals surface area contributed by atoms with Crippen molar-refractivity contribution in [3.05, 3.63) is 41.2 Å². The maximum atomic E-state index is 11.8. The van der Waals surface area contributed by atoms with Gasteiger partial charge in [0.25, 0.3) is 0 Å². The third kappa shape index (κ3) is 3.38. The zero-order valence-electron chi connectivity index (χ0n) is 12.1. The number of esters is 1. The smallest absolute Gasteiger partial charge is 0.360 e. The van der Waals surface area contributed by atoms with Crippen molar-refractivity contribution in [3.8, 4) is 5.75 Å². The van der Waals surface area contributed by atoms with Crippen molar-refractivity contribution in [3.63, 3.8) is 0 Å². The summed E-state index contributed by atoms with van der Waals surface area (Å²) in [5.41, 5.74) is 7.40. The van der Waals surface area contributed by atoms with Crippen molar-refractivity contribution >= 4 is 5.97 Å². The molecule has 0 radical (unpaired) electrons. The highest BCUT2D eigenvalue weighted by Gasteiger charge is 2.19. The Labute approximate surface area is 122 Å². The van der Waals surface area contributed by atoms with E-state index in [0.29, 0.717) is 12.2 Å². The molecular weight excluding hydrogens is 272 g/mol. The molecule has 0 spiro atoms. The van der Waals surface area contributed by atoms with Gasteiger partial charge in [0.05, 0.1) is 26.0 Å². The molecule has 0 amide bonds. The van der Waals surface area contributed by atoms with E-state index in [0.717, 1.165) is 11.3 Å². The monoisotopic (exact) mass is 290 g/mol. The molecule has 1 heterocycles. The van der Waals surface area contributed by atoms with Crippen LogP contribution in [0.15, 0.2) is 24.3 Å². The molecule has 1 aromatic heterocycles. The Morgan fingerprint density at radius 2 is 2.24 bits per heavy atom. The van der Waals surface area contributed by atoms with Crippen molar-refractivity contribution in [2.75, 3.05) is 13.7 Å². The quantitative estimate of drug-likeness (QED) is 0.797. The second kappa shape index (κ2) is 6.85. The number of carbonyl (C=O) groups is 1. The van der Waals surface area contributed by atoms with Crippen molar-refractivity contribution < 1.29 is 14.3 Å². The van der Waals surface area contributed by atoms with Gasteiger partial charge in [0.15, 0.2) is 5.69 Å². The summed E-state index contributed by atoms with van der Waals surface area (Å²) in [5, 5.41) is 7.86. The average molecular weight is 290 g/mol. The minimum atomic E-state index is -0.505. The molecule has 0 unspecified atom stereocenters. The minimum absolute atomic E-state index is 0.158. The molecule has 7 nitrogen and oxygen atoms in total. The highest BCUT2D eigenvalue weighted by Crippen LogP contribution is 2.15. The lowest BCUT2D eigenvalue weighted by molar-refractivity contribution is 0.0518. The van der Waals surface area contributed by atoms with Crippen molar-refractivity contribution in [1.29, 1.82) is 0 Å². The number of ether oxygens (including phenoxy) is 2. The number of hydrogen-bond donors (Lipinski definition) is 1. The lowest BCUT2D eigenvalue weighted by atomic mass is 10.2. The first-order chi connectivity index (χ1) is 10.2. The van der Waals surface area contributed by atoms with Crippen molar-refractivity contribution in [1.82, 2.24) is 15.0 Å². The number of carbonyl (C=O) groups excluding carboxylic acids is 1. The van der Waals surface area contributed by atoms with Gasteiger partial charge in [-0.3, -0.25) is 0 Å². The van der Waals surface area contributed by atoms with E-state index in [2.05, 4.69) is 10.3 Å². The number of benzene rings is 1. The summed E-state index contributed by atoms with van der Waals surface area (Å²) in [7, 11) is 1.61. The molecule has 0 saturated carbocycles. The topological polar surface area (TPSA) is 92.3 Å². The van der Waals surface area contributed by atoms with Crippen LogP contribution in [-0.2, 0) is 17.8 Å². The molecular formula is C14H18N4O3. The second-order valence-electron chi connectivity index (χ2n) is 4.32. The normalized spacial score (nSPS) is 10.4. The van der Waals surface area contributed by atoms with Gasteiger partial charge in [-0.25, -0.2) is 9.48 Å². The molecule has 0 saturated heterocycles. The number of nitrogens with zero attached hydrogens (tertiary/aromatic N) is 3. The van der Waals surface area contributed by atoms with E-state index >= 15 is 0 Å². The van der Waals surface area contributed by atoms with E-state index in [1.807, 2.05) is 24.3 Å². The Kier molecular flexibility index (Phi) is 4.89. The predicted molar refractivity (Wildman–Crippen MR) is 76.0 cm³/mol. The molecule has 0 fully saturated rings. The molecule has 112 valence electrons. The molecule has 0 bridgehead atoms. The molecule has 1 aromatic carbocycles. The summed E-state index contributed by atoms with van der Waals surface area (Å²) >= 11 is 0. The summed E-state index contributed by atoms with van der Waals surface area (Å²) in [6.45, 7) is 2.63. The van der Waals surface area contributed by atoms with Crippen LogP contribution in [0.2, 0.25) is 0 Å². The van der Waals surface area contributed by atoms with E-state index in [1.54, 1.807) is 18.7 Å².